The minimum Gasteiger partial charge on any atom is -0.366 e. The molecule has 8 heteroatoms. The Kier molecular flexibility index (Phi) is 5.58. The molecule has 2 fully saturated rings. The lowest BCUT2D eigenvalue weighted by Gasteiger charge is -2.40. The van der Waals surface area contributed by atoms with Gasteiger partial charge in [0, 0.05) is 65.0 Å². The number of aromatic nitrogens is 6. The van der Waals surface area contributed by atoms with Crippen molar-refractivity contribution in [3.8, 4) is 22.6 Å². The summed E-state index contributed by atoms with van der Waals surface area (Å²) in [4.78, 5) is 27.3. The van der Waals surface area contributed by atoms with Crippen LogP contribution in [-0.2, 0) is 0 Å². The van der Waals surface area contributed by atoms with E-state index in [1.54, 1.807) is 6.20 Å². The van der Waals surface area contributed by atoms with Gasteiger partial charge in [0.05, 0.1) is 11.7 Å². The normalized spacial score (nSPS) is 19.5. The van der Waals surface area contributed by atoms with Gasteiger partial charge in [-0.2, -0.15) is 0 Å². The Bertz CT molecular complexity index is 1620. The van der Waals surface area contributed by atoms with E-state index in [1.807, 2.05) is 43.0 Å². The SMILES string of the molecule is CC1(C)CNCC[C@@H]1Nc1nc(-c2ccnc3[nH]c(-c4cccnc4)cc23)nc2cncc(C3CCC3)c12. The van der Waals surface area contributed by atoms with Gasteiger partial charge >= 0.3 is 0 Å². The molecule has 0 aromatic carbocycles. The highest BCUT2D eigenvalue weighted by molar-refractivity contribution is 5.98. The largest absolute Gasteiger partial charge is 0.366 e. The zero-order valence-electron chi connectivity index (χ0n) is 21.8. The van der Waals surface area contributed by atoms with E-state index in [2.05, 4.69) is 50.5 Å². The number of pyridine rings is 3. The molecule has 1 saturated carbocycles. The van der Waals surface area contributed by atoms with Crippen LogP contribution in [0.25, 0.3) is 44.6 Å². The number of nitrogens with zero attached hydrogens (tertiary/aromatic N) is 5. The molecule has 0 spiro atoms. The Morgan fingerprint density at radius 2 is 1.92 bits per heavy atom. The van der Waals surface area contributed by atoms with Crippen molar-refractivity contribution >= 4 is 27.8 Å². The molecule has 1 saturated heterocycles. The highest BCUT2D eigenvalue weighted by Gasteiger charge is 2.33. The van der Waals surface area contributed by atoms with E-state index in [9.17, 15) is 0 Å². The lowest BCUT2D eigenvalue weighted by molar-refractivity contribution is 0.236. The number of fused-ring (bicyclic) bond motifs is 2. The van der Waals surface area contributed by atoms with Gasteiger partial charge in [0.25, 0.3) is 0 Å². The van der Waals surface area contributed by atoms with Gasteiger partial charge in [-0.05, 0) is 67.0 Å². The number of anilines is 1. The lowest BCUT2D eigenvalue weighted by atomic mass is 9.78. The molecule has 5 aromatic heterocycles. The number of H-pyrrole nitrogens is 1. The fraction of sp³-hybridized carbons (Fsp3) is 0.367. The second-order valence-corrected chi connectivity index (χ2v) is 11.3. The van der Waals surface area contributed by atoms with Gasteiger partial charge in [0.2, 0.25) is 0 Å². The van der Waals surface area contributed by atoms with E-state index in [0.29, 0.717) is 17.8 Å². The van der Waals surface area contributed by atoms with Gasteiger partial charge in [-0.15, -0.1) is 0 Å². The third-order valence-electron chi connectivity index (χ3n) is 8.37. The zero-order chi connectivity index (χ0) is 25.7. The Morgan fingerprint density at radius 1 is 1.00 bits per heavy atom. The highest BCUT2D eigenvalue weighted by Crippen LogP contribution is 2.42. The van der Waals surface area contributed by atoms with Crippen LogP contribution < -0.4 is 10.6 Å². The summed E-state index contributed by atoms with van der Waals surface area (Å²) in [6, 6.07) is 8.41. The molecule has 3 N–H and O–H groups in total. The van der Waals surface area contributed by atoms with E-state index < -0.39 is 0 Å². The van der Waals surface area contributed by atoms with Crippen molar-refractivity contribution in [2.24, 2.45) is 5.41 Å². The van der Waals surface area contributed by atoms with Crippen molar-refractivity contribution < 1.29 is 0 Å². The Hall–Kier alpha value is -3.91. The number of hydrogen-bond donors (Lipinski definition) is 3. The fourth-order valence-electron chi connectivity index (χ4n) is 5.87. The van der Waals surface area contributed by atoms with E-state index in [1.165, 1.54) is 24.8 Å². The molecule has 5 aromatic rings. The van der Waals surface area contributed by atoms with Gasteiger partial charge in [-0.25, -0.2) is 15.0 Å². The monoisotopic (exact) mass is 504 g/mol. The van der Waals surface area contributed by atoms with E-state index in [0.717, 1.165) is 64.1 Å². The molecule has 0 bridgehead atoms. The molecule has 0 amide bonds. The molecule has 1 atom stereocenters. The van der Waals surface area contributed by atoms with Crippen molar-refractivity contribution in [3.05, 3.63) is 60.8 Å². The maximum Gasteiger partial charge on any atom is 0.163 e. The molecule has 1 aliphatic heterocycles. The van der Waals surface area contributed by atoms with Crippen LogP contribution >= 0.6 is 0 Å². The lowest BCUT2D eigenvalue weighted by Crippen LogP contribution is -2.49. The second-order valence-electron chi connectivity index (χ2n) is 11.3. The topological polar surface area (TPSA) is 104 Å². The highest BCUT2D eigenvalue weighted by atomic mass is 15.1. The molecule has 192 valence electrons. The molecule has 0 unspecified atom stereocenters. The number of rotatable bonds is 5. The summed E-state index contributed by atoms with van der Waals surface area (Å²) in [6.07, 6.45) is 14.1. The molecule has 8 nitrogen and oxygen atoms in total. The first-order chi connectivity index (χ1) is 18.6. The van der Waals surface area contributed by atoms with Crippen LogP contribution in [0.4, 0.5) is 5.82 Å². The van der Waals surface area contributed by atoms with Crippen LogP contribution in [0.1, 0.15) is 51.0 Å². The molecule has 7 rings (SSSR count). The van der Waals surface area contributed by atoms with Crippen molar-refractivity contribution in [2.45, 2.75) is 51.5 Å². The summed E-state index contributed by atoms with van der Waals surface area (Å²) in [5.41, 5.74) is 6.00. The Morgan fingerprint density at radius 3 is 2.71 bits per heavy atom. The number of aromatic amines is 1. The summed E-state index contributed by atoms with van der Waals surface area (Å²) >= 11 is 0. The predicted molar refractivity (Wildman–Crippen MR) is 151 cm³/mol. The standard InChI is InChI=1S/C30H32N8/c1-30(2)17-32-11-9-25(30)37-29-26-22(18-5-3-6-18)15-33-16-24(26)36-28(38-29)20-8-12-34-27-21(20)13-23(35-27)19-7-4-10-31-14-19/h4,7-8,10,12-16,18,25,32H,3,5-6,9,11,17H2,1-2H3,(H,34,35)(H,36,37,38)/t25-/m0/s1. The van der Waals surface area contributed by atoms with Gasteiger partial charge in [-0.3, -0.25) is 9.97 Å². The molecule has 2 aliphatic rings. The van der Waals surface area contributed by atoms with Crippen molar-refractivity contribution in [1.82, 2.24) is 35.2 Å². The van der Waals surface area contributed by atoms with Crippen molar-refractivity contribution in [1.29, 1.82) is 0 Å². The van der Waals surface area contributed by atoms with Crippen LogP contribution in [0.5, 0.6) is 0 Å². The second kappa shape index (κ2) is 9.13. The third kappa shape index (κ3) is 4.00. The van der Waals surface area contributed by atoms with Gasteiger partial charge < -0.3 is 15.6 Å². The Balaban J connectivity index is 1.40. The predicted octanol–water partition coefficient (Wildman–Crippen LogP) is 5.70. The number of piperidine rings is 1. The van der Waals surface area contributed by atoms with Gasteiger partial charge in [0.15, 0.2) is 5.82 Å². The molecular weight excluding hydrogens is 472 g/mol. The van der Waals surface area contributed by atoms with Crippen LogP contribution in [0, 0.1) is 5.41 Å². The first-order valence-electron chi connectivity index (χ1n) is 13.6. The van der Waals surface area contributed by atoms with E-state index in [4.69, 9.17) is 9.97 Å². The first kappa shape index (κ1) is 23.2. The van der Waals surface area contributed by atoms with Crippen LogP contribution in [0.2, 0.25) is 0 Å². The van der Waals surface area contributed by atoms with Crippen LogP contribution in [0.15, 0.2) is 55.2 Å². The van der Waals surface area contributed by atoms with Crippen LogP contribution in [-0.4, -0.2) is 49.0 Å². The first-order valence-corrected chi connectivity index (χ1v) is 13.6. The fourth-order valence-corrected chi connectivity index (χ4v) is 5.87. The molecule has 38 heavy (non-hydrogen) atoms. The number of hydrogen-bond acceptors (Lipinski definition) is 7. The molecular formula is C30H32N8. The third-order valence-corrected chi connectivity index (χ3v) is 8.37. The maximum atomic E-state index is 5.24. The minimum atomic E-state index is 0.0997. The maximum absolute atomic E-state index is 5.24. The zero-order valence-corrected chi connectivity index (χ0v) is 21.8. The van der Waals surface area contributed by atoms with E-state index >= 15 is 0 Å². The summed E-state index contributed by atoms with van der Waals surface area (Å²) in [6.45, 7) is 6.62. The smallest absolute Gasteiger partial charge is 0.163 e. The summed E-state index contributed by atoms with van der Waals surface area (Å²) in [5, 5.41) is 9.56. The van der Waals surface area contributed by atoms with Crippen molar-refractivity contribution in [2.75, 3.05) is 18.4 Å². The minimum absolute atomic E-state index is 0.0997. The van der Waals surface area contributed by atoms with Crippen LogP contribution in [0.3, 0.4) is 0 Å². The molecule has 1 aliphatic carbocycles. The average Bonchev–Trinajstić information content (AvgIpc) is 3.34. The van der Waals surface area contributed by atoms with Gasteiger partial charge in [0.1, 0.15) is 11.5 Å². The van der Waals surface area contributed by atoms with Gasteiger partial charge in [-0.1, -0.05) is 20.3 Å². The summed E-state index contributed by atoms with van der Waals surface area (Å²) in [5.74, 6) is 2.13. The quantitative estimate of drug-likeness (QED) is 0.282. The van der Waals surface area contributed by atoms with Crippen molar-refractivity contribution in [3.63, 3.8) is 0 Å². The summed E-state index contributed by atoms with van der Waals surface area (Å²) < 4.78 is 0. The van der Waals surface area contributed by atoms with E-state index in [-0.39, 0.29) is 5.41 Å². The average molecular weight is 505 g/mol. The summed E-state index contributed by atoms with van der Waals surface area (Å²) in [7, 11) is 0. The Labute approximate surface area is 221 Å². The molecule has 6 heterocycles. The number of nitrogens with one attached hydrogen (secondary N) is 3. The molecule has 0 radical (unpaired) electrons.